The standard InChI is InChI=1S/C14H15ClN2O3S/c1-3-20-14(18)12(13-16-8-11(15)21-13)17-9-5-4-6-10(7-9)19-2/h4-8,12,17H,3H2,1-2H3. The van der Waals surface area contributed by atoms with E-state index in [2.05, 4.69) is 10.3 Å². The second-order valence-corrected chi connectivity index (χ2v) is 5.76. The number of aromatic nitrogens is 1. The van der Waals surface area contributed by atoms with Crippen LogP contribution in [0.1, 0.15) is 18.0 Å². The number of methoxy groups -OCH3 is 1. The molecule has 0 aliphatic rings. The number of benzene rings is 1. The van der Waals surface area contributed by atoms with E-state index in [9.17, 15) is 4.79 Å². The predicted octanol–water partition coefficient (Wildman–Crippen LogP) is 3.52. The number of ether oxygens (including phenoxy) is 2. The molecule has 1 unspecified atom stereocenters. The van der Waals surface area contributed by atoms with Crippen LogP contribution in [0.25, 0.3) is 0 Å². The van der Waals surface area contributed by atoms with E-state index in [-0.39, 0.29) is 0 Å². The number of rotatable bonds is 6. The molecule has 1 aromatic heterocycles. The Labute approximate surface area is 131 Å². The Morgan fingerprint density at radius 1 is 1.52 bits per heavy atom. The minimum Gasteiger partial charge on any atom is -0.497 e. The molecule has 0 aliphatic carbocycles. The number of thiazole rings is 1. The van der Waals surface area contributed by atoms with Crippen molar-refractivity contribution >= 4 is 34.6 Å². The van der Waals surface area contributed by atoms with Gasteiger partial charge in [0.15, 0.2) is 6.04 Å². The van der Waals surface area contributed by atoms with Gasteiger partial charge in [0.25, 0.3) is 0 Å². The maximum absolute atomic E-state index is 12.1. The molecule has 0 radical (unpaired) electrons. The van der Waals surface area contributed by atoms with Gasteiger partial charge in [0.2, 0.25) is 0 Å². The third-order valence-electron chi connectivity index (χ3n) is 2.65. The molecule has 2 aromatic rings. The smallest absolute Gasteiger partial charge is 0.335 e. The van der Waals surface area contributed by atoms with Crippen LogP contribution < -0.4 is 10.1 Å². The number of hydrogen-bond donors (Lipinski definition) is 1. The first-order valence-corrected chi connectivity index (χ1v) is 7.52. The molecule has 112 valence electrons. The molecule has 1 aromatic carbocycles. The van der Waals surface area contributed by atoms with Crippen LogP contribution in [0.2, 0.25) is 4.34 Å². The van der Waals surface area contributed by atoms with Crippen LogP contribution in [-0.2, 0) is 9.53 Å². The lowest BCUT2D eigenvalue weighted by atomic mass is 10.2. The summed E-state index contributed by atoms with van der Waals surface area (Å²) in [5.74, 6) is 0.297. The summed E-state index contributed by atoms with van der Waals surface area (Å²) in [6.45, 7) is 2.06. The predicted molar refractivity (Wildman–Crippen MR) is 83.1 cm³/mol. The summed E-state index contributed by atoms with van der Waals surface area (Å²) in [5.41, 5.74) is 0.735. The average molecular weight is 327 g/mol. The van der Waals surface area contributed by atoms with Crippen molar-refractivity contribution in [2.45, 2.75) is 13.0 Å². The molecule has 0 spiro atoms. The molecular formula is C14H15ClN2O3S. The molecule has 0 amide bonds. The molecule has 5 nitrogen and oxygen atoms in total. The largest absolute Gasteiger partial charge is 0.497 e. The molecule has 21 heavy (non-hydrogen) atoms. The van der Waals surface area contributed by atoms with Crippen molar-refractivity contribution in [2.75, 3.05) is 19.0 Å². The molecule has 2 rings (SSSR count). The first-order valence-electron chi connectivity index (χ1n) is 6.32. The SMILES string of the molecule is CCOC(=O)C(Nc1cccc(OC)c1)c1ncc(Cl)s1. The van der Waals surface area contributed by atoms with Gasteiger partial charge in [0.05, 0.1) is 19.9 Å². The van der Waals surface area contributed by atoms with Crippen LogP contribution >= 0.6 is 22.9 Å². The second-order valence-electron chi connectivity index (χ2n) is 4.06. The van der Waals surface area contributed by atoms with Gasteiger partial charge in [-0.25, -0.2) is 9.78 Å². The maximum atomic E-state index is 12.1. The van der Waals surface area contributed by atoms with Crippen molar-refractivity contribution in [3.8, 4) is 5.75 Å². The number of hydrogen-bond acceptors (Lipinski definition) is 6. The Morgan fingerprint density at radius 2 is 2.33 bits per heavy atom. The fourth-order valence-corrected chi connectivity index (χ4v) is 2.70. The zero-order valence-electron chi connectivity index (χ0n) is 11.6. The van der Waals surface area contributed by atoms with Gasteiger partial charge in [-0.3, -0.25) is 0 Å². The fraction of sp³-hybridized carbons (Fsp3) is 0.286. The summed E-state index contributed by atoms with van der Waals surface area (Å²) < 4.78 is 10.8. The molecule has 0 saturated heterocycles. The number of nitrogens with zero attached hydrogens (tertiary/aromatic N) is 1. The number of esters is 1. The highest BCUT2D eigenvalue weighted by Crippen LogP contribution is 2.28. The third kappa shape index (κ3) is 4.09. The molecule has 7 heteroatoms. The van der Waals surface area contributed by atoms with E-state index in [1.807, 2.05) is 18.2 Å². The average Bonchev–Trinajstić information content (AvgIpc) is 2.91. The summed E-state index contributed by atoms with van der Waals surface area (Å²) in [6, 6.07) is 6.59. The normalized spacial score (nSPS) is 11.8. The minimum atomic E-state index is -0.699. The lowest BCUT2D eigenvalue weighted by molar-refractivity contribution is -0.144. The molecule has 0 bridgehead atoms. The number of carbonyl (C=O) groups is 1. The Kier molecular flexibility index (Phi) is 5.41. The Morgan fingerprint density at radius 3 is 2.95 bits per heavy atom. The van der Waals surface area contributed by atoms with Crippen LogP contribution in [0.15, 0.2) is 30.5 Å². The van der Waals surface area contributed by atoms with Crippen LogP contribution in [0, 0.1) is 0 Å². The number of nitrogens with one attached hydrogen (secondary N) is 1. The Bertz CT molecular complexity index is 618. The zero-order valence-corrected chi connectivity index (χ0v) is 13.2. The highest BCUT2D eigenvalue weighted by Gasteiger charge is 2.25. The molecular weight excluding hydrogens is 312 g/mol. The van der Waals surface area contributed by atoms with Gasteiger partial charge >= 0.3 is 5.97 Å². The van der Waals surface area contributed by atoms with E-state index < -0.39 is 12.0 Å². The first-order chi connectivity index (χ1) is 10.1. The fourth-order valence-electron chi connectivity index (χ4n) is 1.73. The molecule has 1 heterocycles. The van der Waals surface area contributed by atoms with Gasteiger partial charge < -0.3 is 14.8 Å². The van der Waals surface area contributed by atoms with Gasteiger partial charge in [-0.05, 0) is 19.1 Å². The van der Waals surface area contributed by atoms with Gasteiger partial charge in [-0.15, -0.1) is 11.3 Å². The second kappa shape index (κ2) is 7.28. The maximum Gasteiger partial charge on any atom is 0.335 e. The van der Waals surface area contributed by atoms with Crippen LogP contribution in [0.4, 0.5) is 5.69 Å². The van der Waals surface area contributed by atoms with E-state index in [0.29, 0.717) is 21.7 Å². The minimum absolute atomic E-state index is 0.300. The number of halogens is 1. The summed E-state index contributed by atoms with van der Waals surface area (Å²) in [7, 11) is 1.59. The number of carbonyl (C=O) groups excluding carboxylic acids is 1. The molecule has 1 atom stereocenters. The highest BCUT2D eigenvalue weighted by molar-refractivity contribution is 7.16. The lowest BCUT2D eigenvalue weighted by Crippen LogP contribution is -2.23. The van der Waals surface area contributed by atoms with Gasteiger partial charge in [-0.2, -0.15) is 0 Å². The molecule has 1 N–H and O–H groups in total. The first kappa shape index (κ1) is 15.6. The summed E-state index contributed by atoms with van der Waals surface area (Å²) in [4.78, 5) is 16.3. The van der Waals surface area contributed by atoms with Crippen molar-refractivity contribution in [1.82, 2.24) is 4.98 Å². The van der Waals surface area contributed by atoms with Crippen molar-refractivity contribution in [3.63, 3.8) is 0 Å². The van der Waals surface area contributed by atoms with Crippen LogP contribution in [0.5, 0.6) is 5.75 Å². The molecule has 0 fully saturated rings. The van der Waals surface area contributed by atoms with E-state index in [4.69, 9.17) is 21.1 Å². The zero-order chi connectivity index (χ0) is 15.2. The summed E-state index contributed by atoms with van der Waals surface area (Å²) in [5, 5.41) is 3.66. The van der Waals surface area contributed by atoms with Gasteiger partial charge in [0, 0.05) is 11.8 Å². The van der Waals surface area contributed by atoms with E-state index in [1.165, 1.54) is 17.5 Å². The topological polar surface area (TPSA) is 60.5 Å². The van der Waals surface area contributed by atoms with E-state index in [1.54, 1.807) is 20.1 Å². The van der Waals surface area contributed by atoms with Gasteiger partial charge in [-0.1, -0.05) is 17.7 Å². The van der Waals surface area contributed by atoms with Crippen LogP contribution in [-0.4, -0.2) is 24.7 Å². The Balaban J connectivity index is 2.24. The van der Waals surface area contributed by atoms with Crippen molar-refractivity contribution < 1.29 is 14.3 Å². The Hall–Kier alpha value is -1.79. The van der Waals surface area contributed by atoms with E-state index >= 15 is 0 Å². The highest BCUT2D eigenvalue weighted by atomic mass is 35.5. The summed E-state index contributed by atoms with van der Waals surface area (Å²) in [6.07, 6.45) is 1.51. The molecule has 0 saturated carbocycles. The quantitative estimate of drug-likeness (QED) is 0.823. The van der Waals surface area contributed by atoms with Crippen molar-refractivity contribution in [3.05, 3.63) is 39.8 Å². The molecule has 0 aliphatic heterocycles. The van der Waals surface area contributed by atoms with Crippen molar-refractivity contribution in [2.24, 2.45) is 0 Å². The summed E-state index contributed by atoms with van der Waals surface area (Å²) >= 11 is 7.13. The van der Waals surface area contributed by atoms with Crippen LogP contribution in [0.3, 0.4) is 0 Å². The van der Waals surface area contributed by atoms with Gasteiger partial charge in [0.1, 0.15) is 15.1 Å². The monoisotopic (exact) mass is 326 g/mol. The number of anilines is 1. The van der Waals surface area contributed by atoms with Crippen molar-refractivity contribution in [1.29, 1.82) is 0 Å². The van der Waals surface area contributed by atoms with E-state index in [0.717, 1.165) is 5.69 Å². The lowest BCUT2D eigenvalue weighted by Gasteiger charge is -2.16. The third-order valence-corrected chi connectivity index (χ3v) is 3.83.